The van der Waals surface area contributed by atoms with E-state index in [-0.39, 0.29) is 40.1 Å². The molecule has 0 aliphatic carbocycles. The van der Waals surface area contributed by atoms with Gasteiger partial charge in [0, 0.05) is 16.8 Å². The number of Topliss-reactive ketones (excluding diaryl/α,β-unsaturated/α-hetero) is 1. The Bertz CT molecular complexity index is 2230. The third-order valence-corrected chi connectivity index (χ3v) is 11.5. The van der Waals surface area contributed by atoms with Crippen molar-refractivity contribution in [1.29, 1.82) is 0 Å². The molecule has 60 heavy (non-hydrogen) atoms. The molecule has 0 aromatic heterocycles. The summed E-state index contributed by atoms with van der Waals surface area (Å²) in [7, 11) is 0. The number of ether oxygens (including phenoxy) is 4. The van der Waals surface area contributed by atoms with E-state index in [4.69, 9.17) is 18.9 Å². The second-order valence-electron chi connectivity index (χ2n) is 14.1. The van der Waals surface area contributed by atoms with Crippen LogP contribution in [0, 0.1) is 5.82 Å². The molecule has 3 saturated heterocycles. The summed E-state index contributed by atoms with van der Waals surface area (Å²) in [5, 5.41) is 81.0. The number of carboxylic acid groups (broad SMARTS) is 2. The lowest BCUT2D eigenvalue weighted by atomic mass is 9.90. The molecule has 7 rings (SSSR count). The summed E-state index contributed by atoms with van der Waals surface area (Å²) in [5.41, 5.74) is 1.76. The van der Waals surface area contributed by atoms with Gasteiger partial charge in [-0.2, -0.15) is 0 Å². The third-order valence-electron chi connectivity index (χ3n) is 10.3. The molecule has 12 atom stereocenters. The SMILES string of the molecule is O=C(CS[C@H]1C(=O)N(c2ccccc2)[C@@H]1c1ccc(-c2cccc(O[C@@H]3OC(C(=O)O)C(O)C(O)C3O)c2)cc1O[C@@H]1OC(C(=O)O)C(O)C(O)C1O)c1ccc(F)cc1. The summed E-state index contributed by atoms with van der Waals surface area (Å²) in [6, 6.07) is 23.3. The number of carbonyl (C=O) groups is 4. The fourth-order valence-electron chi connectivity index (χ4n) is 7.06. The van der Waals surface area contributed by atoms with Gasteiger partial charge in [-0.05, 0) is 65.7 Å². The van der Waals surface area contributed by atoms with Gasteiger partial charge in [0.1, 0.15) is 59.2 Å². The summed E-state index contributed by atoms with van der Waals surface area (Å²) < 4.78 is 36.2. The van der Waals surface area contributed by atoms with Crippen molar-refractivity contribution in [2.24, 2.45) is 0 Å². The molecule has 3 heterocycles. The molecule has 0 spiro atoms. The lowest BCUT2D eigenvalue weighted by molar-refractivity contribution is -0.271. The minimum Gasteiger partial charge on any atom is -0.479 e. The summed E-state index contributed by atoms with van der Waals surface area (Å²) in [6.45, 7) is 0. The topological polar surface area (TPSA) is 270 Å². The zero-order valence-corrected chi connectivity index (χ0v) is 31.8. The van der Waals surface area contributed by atoms with Gasteiger partial charge in [0.15, 0.2) is 18.0 Å². The van der Waals surface area contributed by atoms with Crippen LogP contribution in [-0.2, 0) is 23.9 Å². The van der Waals surface area contributed by atoms with E-state index >= 15 is 0 Å². The Balaban J connectivity index is 1.26. The van der Waals surface area contributed by atoms with Gasteiger partial charge >= 0.3 is 11.9 Å². The summed E-state index contributed by atoms with van der Waals surface area (Å²) in [6.07, 6.45) is -19.3. The number of benzene rings is 4. The van der Waals surface area contributed by atoms with E-state index in [2.05, 4.69) is 0 Å². The average Bonchev–Trinajstić information content (AvgIpc) is 3.23. The molecule has 8 unspecified atom stereocenters. The average molecular weight is 852 g/mol. The number of carboxylic acids is 2. The number of hydrogen-bond acceptors (Lipinski definition) is 15. The van der Waals surface area contributed by atoms with Crippen LogP contribution < -0.4 is 14.4 Å². The number of ketones is 1. The summed E-state index contributed by atoms with van der Waals surface area (Å²) >= 11 is 1.02. The van der Waals surface area contributed by atoms with Crippen molar-refractivity contribution in [2.75, 3.05) is 10.7 Å². The smallest absolute Gasteiger partial charge is 0.335 e. The number of thioether (sulfide) groups is 1. The van der Waals surface area contributed by atoms with Gasteiger partial charge in [-0.15, -0.1) is 11.8 Å². The number of aliphatic hydroxyl groups excluding tert-OH is 6. The number of β-lactam (4-membered cyclic amide) rings is 1. The van der Waals surface area contributed by atoms with E-state index in [1.165, 1.54) is 41.3 Å². The molecule has 17 nitrogen and oxygen atoms in total. The second-order valence-corrected chi connectivity index (χ2v) is 15.3. The molecule has 0 saturated carbocycles. The Kier molecular flexibility index (Phi) is 12.5. The molecule has 0 radical (unpaired) electrons. The molecule has 1 amide bonds. The number of aliphatic hydroxyl groups is 6. The number of halogens is 1. The Morgan fingerprint density at radius 1 is 0.667 bits per heavy atom. The van der Waals surface area contributed by atoms with E-state index in [0.29, 0.717) is 16.8 Å². The number of nitrogens with zero attached hydrogens (tertiary/aromatic N) is 1. The minimum absolute atomic E-state index is 0.0189. The second kappa shape index (κ2) is 17.6. The third kappa shape index (κ3) is 8.44. The van der Waals surface area contributed by atoms with Gasteiger partial charge in [-0.1, -0.05) is 42.5 Å². The predicted molar refractivity (Wildman–Crippen MR) is 205 cm³/mol. The van der Waals surface area contributed by atoms with Crippen LogP contribution >= 0.6 is 11.8 Å². The van der Waals surface area contributed by atoms with Crippen LogP contribution in [0.5, 0.6) is 11.5 Å². The molecule has 3 aliphatic heterocycles. The molecule has 4 aromatic carbocycles. The zero-order valence-electron chi connectivity index (χ0n) is 31.0. The van der Waals surface area contributed by atoms with Crippen molar-refractivity contribution < 1.29 is 83.4 Å². The van der Waals surface area contributed by atoms with Crippen molar-refractivity contribution in [3.05, 3.63) is 114 Å². The van der Waals surface area contributed by atoms with Crippen molar-refractivity contribution in [3.8, 4) is 22.6 Å². The molecular weight excluding hydrogens is 814 g/mol. The number of amides is 1. The van der Waals surface area contributed by atoms with E-state index in [1.54, 1.807) is 48.5 Å². The van der Waals surface area contributed by atoms with Crippen molar-refractivity contribution >= 4 is 41.1 Å². The Hall–Kier alpha value is -5.48. The van der Waals surface area contributed by atoms with Gasteiger partial charge in [0.2, 0.25) is 18.5 Å². The molecule has 19 heteroatoms. The quantitative estimate of drug-likeness (QED) is 0.0691. The lowest BCUT2D eigenvalue weighted by Crippen LogP contribution is -2.61. The first kappa shape index (κ1) is 42.6. The first-order chi connectivity index (χ1) is 28.6. The van der Waals surface area contributed by atoms with Crippen molar-refractivity contribution in [2.45, 2.75) is 72.7 Å². The Morgan fingerprint density at radius 3 is 1.85 bits per heavy atom. The molecule has 4 aromatic rings. The first-order valence-corrected chi connectivity index (χ1v) is 19.4. The highest BCUT2D eigenvalue weighted by Crippen LogP contribution is 2.49. The number of rotatable bonds is 13. The number of aliphatic carboxylic acids is 2. The number of para-hydroxylation sites is 1. The Labute approximate surface area is 343 Å². The van der Waals surface area contributed by atoms with Crippen LogP contribution in [-0.4, -0.2) is 137 Å². The highest BCUT2D eigenvalue weighted by molar-refractivity contribution is 8.01. The number of hydrogen-bond donors (Lipinski definition) is 8. The van der Waals surface area contributed by atoms with Gasteiger partial charge < -0.3 is 64.7 Å². The van der Waals surface area contributed by atoms with Crippen LogP contribution in [0.2, 0.25) is 0 Å². The number of anilines is 1. The van der Waals surface area contributed by atoms with Crippen LogP contribution in [0.3, 0.4) is 0 Å². The maximum Gasteiger partial charge on any atom is 0.335 e. The van der Waals surface area contributed by atoms with Crippen molar-refractivity contribution in [1.82, 2.24) is 0 Å². The van der Waals surface area contributed by atoms with Gasteiger partial charge in [0.05, 0.1) is 11.8 Å². The van der Waals surface area contributed by atoms with E-state index < -0.39 is 90.5 Å². The molecule has 316 valence electrons. The maximum atomic E-state index is 13.9. The van der Waals surface area contributed by atoms with Gasteiger partial charge in [-0.3, -0.25) is 9.59 Å². The van der Waals surface area contributed by atoms with Crippen molar-refractivity contribution in [3.63, 3.8) is 0 Å². The number of carbonyl (C=O) groups excluding carboxylic acids is 2. The standard InChI is InChI=1S/C41H38FNO16S/c42-21-12-9-18(10-13-21)25(44)17-60-36-27(43(37(36)51)22-6-2-1-3-7-22)24-14-11-20(16-26(24)57-41-33(50)29(46)31(48)35(59-41)39(54)55)19-5-4-8-23(15-19)56-40-32(49)28(45)30(47)34(58-40)38(52)53/h1-16,27-36,40-41,45-50H,17H2,(H,52,53)(H,54,55)/t27-,28?,29?,30?,31?,32?,33?,34?,35?,36-,40-,41-/m1/s1. The largest absolute Gasteiger partial charge is 0.479 e. The zero-order chi connectivity index (χ0) is 43.0. The summed E-state index contributed by atoms with van der Waals surface area (Å²) in [5.74, 6) is -4.79. The first-order valence-electron chi connectivity index (χ1n) is 18.4. The fourth-order valence-corrected chi connectivity index (χ4v) is 8.26. The monoisotopic (exact) mass is 851 g/mol. The predicted octanol–water partition coefficient (Wildman–Crippen LogP) is 1.11. The normalized spacial score (nSPS) is 30.2. The van der Waals surface area contributed by atoms with Crippen LogP contribution in [0.1, 0.15) is 22.0 Å². The molecule has 0 bridgehead atoms. The maximum absolute atomic E-state index is 13.9. The Morgan fingerprint density at radius 2 is 1.25 bits per heavy atom. The van der Waals surface area contributed by atoms with Crippen LogP contribution in [0.25, 0.3) is 11.1 Å². The van der Waals surface area contributed by atoms with Gasteiger partial charge in [-0.25, -0.2) is 14.0 Å². The van der Waals surface area contributed by atoms with Crippen LogP contribution in [0.4, 0.5) is 10.1 Å². The minimum atomic E-state index is -2.02. The fraction of sp³-hybridized carbons (Fsp3) is 0.317. The van der Waals surface area contributed by atoms with E-state index in [9.17, 15) is 64.4 Å². The summed E-state index contributed by atoms with van der Waals surface area (Å²) in [4.78, 5) is 52.1. The molecule has 8 N–H and O–H groups in total. The molecular formula is C41H38FNO16S. The molecule has 3 fully saturated rings. The molecule has 3 aliphatic rings. The highest BCUT2D eigenvalue weighted by Gasteiger charge is 2.52. The highest BCUT2D eigenvalue weighted by atomic mass is 32.2. The van der Waals surface area contributed by atoms with E-state index in [1.807, 2.05) is 0 Å². The lowest BCUT2D eigenvalue weighted by Gasteiger charge is -2.47. The van der Waals surface area contributed by atoms with Crippen LogP contribution in [0.15, 0.2) is 97.1 Å². The van der Waals surface area contributed by atoms with Gasteiger partial charge in [0.25, 0.3) is 0 Å². The van der Waals surface area contributed by atoms with E-state index in [0.717, 1.165) is 23.9 Å².